The van der Waals surface area contributed by atoms with Crippen molar-refractivity contribution in [1.29, 1.82) is 0 Å². The summed E-state index contributed by atoms with van der Waals surface area (Å²) in [6.07, 6.45) is 1.55. The lowest BCUT2D eigenvalue weighted by atomic mass is 10.0. The third-order valence-electron chi connectivity index (χ3n) is 6.61. The topological polar surface area (TPSA) is 57.0 Å². The summed E-state index contributed by atoms with van der Waals surface area (Å²) < 4.78 is 5.41. The van der Waals surface area contributed by atoms with Gasteiger partial charge in [-0.3, -0.25) is 14.5 Å². The Morgan fingerprint density at radius 2 is 1.52 bits per heavy atom. The van der Waals surface area contributed by atoms with Crippen molar-refractivity contribution in [3.8, 4) is 0 Å². The molecule has 1 saturated heterocycles. The van der Waals surface area contributed by atoms with Crippen LogP contribution in [-0.4, -0.2) is 47.8 Å². The van der Waals surface area contributed by atoms with Crippen LogP contribution in [0.1, 0.15) is 22.5 Å². The second-order valence-electron chi connectivity index (χ2n) is 8.56. The number of nitrogens with zero attached hydrogens (tertiary/aromatic N) is 3. The van der Waals surface area contributed by atoms with Crippen LogP contribution in [0.2, 0.25) is 0 Å². The highest BCUT2D eigenvalue weighted by atomic mass is 16.3. The van der Waals surface area contributed by atoms with Gasteiger partial charge in [0.1, 0.15) is 11.5 Å². The molecule has 5 rings (SSSR count). The smallest absolute Gasteiger partial charge is 0.278 e. The maximum atomic E-state index is 13.5. The average Bonchev–Trinajstić information content (AvgIpc) is 3.44. The number of carbonyl (C=O) groups excluding carboxylic acids is 2. The van der Waals surface area contributed by atoms with Gasteiger partial charge in [0.25, 0.3) is 11.8 Å². The molecule has 6 nitrogen and oxygen atoms in total. The molecule has 0 spiro atoms. The highest BCUT2D eigenvalue weighted by Gasteiger charge is 2.42. The second-order valence-corrected chi connectivity index (χ2v) is 8.56. The summed E-state index contributed by atoms with van der Waals surface area (Å²) in [6, 6.07) is 19.4. The van der Waals surface area contributed by atoms with Crippen LogP contribution in [0.25, 0.3) is 5.57 Å². The Kier molecular flexibility index (Phi) is 5.50. The largest absolute Gasteiger partial charge is 0.467 e. The van der Waals surface area contributed by atoms with Gasteiger partial charge in [-0.15, -0.1) is 0 Å². The van der Waals surface area contributed by atoms with Crippen LogP contribution in [0.4, 0.5) is 5.69 Å². The van der Waals surface area contributed by atoms with Crippen molar-refractivity contribution < 1.29 is 14.0 Å². The fourth-order valence-corrected chi connectivity index (χ4v) is 4.67. The van der Waals surface area contributed by atoms with Crippen molar-refractivity contribution in [2.75, 3.05) is 31.1 Å². The first-order valence-electron chi connectivity index (χ1n) is 11.3. The van der Waals surface area contributed by atoms with E-state index in [-0.39, 0.29) is 18.4 Å². The maximum absolute atomic E-state index is 13.5. The maximum Gasteiger partial charge on any atom is 0.278 e. The molecule has 0 radical (unpaired) electrons. The molecule has 3 aromatic rings. The summed E-state index contributed by atoms with van der Waals surface area (Å²) in [6.45, 7) is 7.33. The molecule has 2 aliphatic heterocycles. The summed E-state index contributed by atoms with van der Waals surface area (Å²) in [5.41, 5.74) is 5.54. The third-order valence-corrected chi connectivity index (χ3v) is 6.61. The molecule has 1 aromatic heterocycles. The lowest BCUT2D eigenvalue weighted by Gasteiger charge is -2.38. The number of imide groups is 1. The van der Waals surface area contributed by atoms with Gasteiger partial charge in [-0.05, 0) is 48.7 Å². The Morgan fingerprint density at radius 1 is 0.788 bits per heavy atom. The first-order chi connectivity index (χ1) is 16.0. The van der Waals surface area contributed by atoms with E-state index in [1.165, 1.54) is 21.7 Å². The van der Waals surface area contributed by atoms with Crippen LogP contribution < -0.4 is 4.90 Å². The van der Waals surface area contributed by atoms with Gasteiger partial charge < -0.3 is 14.2 Å². The molecule has 33 heavy (non-hydrogen) atoms. The Bertz CT molecular complexity index is 1210. The summed E-state index contributed by atoms with van der Waals surface area (Å²) in [4.78, 5) is 32.7. The first kappa shape index (κ1) is 21.1. The molecule has 0 aliphatic carbocycles. The second kappa shape index (κ2) is 8.62. The van der Waals surface area contributed by atoms with Crippen LogP contribution in [0.5, 0.6) is 0 Å². The number of hydrogen-bond acceptors (Lipinski definition) is 5. The van der Waals surface area contributed by atoms with Gasteiger partial charge in [0.2, 0.25) is 0 Å². The van der Waals surface area contributed by atoms with Gasteiger partial charge in [-0.2, -0.15) is 0 Å². The quantitative estimate of drug-likeness (QED) is 0.560. The molecule has 168 valence electrons. The lowest BCUT2D eigenvalue weighted by Crippen LogP contribution is -2.47. The number of rotatable bonds is 5. The number of furan rings is 1. The van der Waals surface area contributed by atoms with Gasteiger partial charge >= 0.3 is 0 Å². The lowest BCUT2D eigenvalue weighted by molar-refractivity contribution is -0.138. The van der Waals surface area contributed by atoms with E-state index in [4.69, 9.17) is 4.42 Å². The Labute approximate surface area is 193 Å². The van der Waals surface area contributed by atoms with Crippen LogP contribution in [-0.2, 0) is 16.1 Å². The molecule has 0 bridgehead atoms. The van der Waals surface area contributed by atoms with E-state index in [2.05, 4.69) is 41.8 Å². The summed E-state index contributed by atoms with van der Waals surface area (Å²) >= 11 is 0. The number of anilines is 1. The predicted molar refractivity (Wildman–Crippen MR) is 127 cm³/mol. The number of aryl methyl sites for hydroxylation is 1. The Morgan fingerprint density at radius 3 is 2.21 bits per heavy atom. The Hall–Kier alpha value is -3.80. The average molecular weight is 442 g/mol. The van der Waals surface area contributed by atoms with E-state index < -0.39 is 0 Å². The molecule has 0 N–H and O–H groups in total. The number of carbonyl (C=O) groups is 2. The van der Waals surface area contributed by atoms with Crippen molar-refractivity contribution in [3.05, 3.63) is 95.1 Å². The number of hydrogen-bond donors (Lipinski definition) is 0. The molecule has 6 heteroatoms. The fraction of sp³-hybridized carbons (Fsp3) is 0.259. The van der Waals surface area contributed by atoms with Crippen molar-refractivity contribution >= 4 is 23.1 Å². The number of piperazine rings is 1. The monoisotopic (exact) mass is 441 g/mol. The molecule has 2 amide bonds. The van der Waals surface area contributed by atoms with Crippen LogP contribution in [0, 0.1) is 13.8 Å². The molecule has 2 aliphatic rings. The van der Waals surface area contributed by atoms with Gasteiger partial charge in [0, 0.05) is 31.9 Å². The Balaban J connectivity index is 1.44. The van der Waals surface area contributed by atoms with Gasteiger partial charge in [-0.25, -0.2) is 0 Å². The molecule has 3 heterocycles. The molecular weight excluding hydrogens is 414 g/mol. The SMILES string of the molecule is Cc1cccc(N2CCN(C3=C(c4ccccc4)C(=O)N(Cc4ccco4)C3=O)CC2)c1C. The van der Waals surface area contributed by atoms with Crippen molar-refractivity contribution in [1.82, 2.24) is 9.80 Å². The van der Waals surface area contributed by atoms with E-state index in [9.17, 15) is 9.59 Å². The molecule has 0 atom stereocenters. The number of amides is 2. The number of benzene rings is 2. The summed E-state index contributed by atoms with van der Waals surface area (Å²) in [5, 5.41) is 0. The van der Waals surface area contributed by atoms with Gasteiger partial charge in [0.15, 0.2) is 0 Å². The van der Waals surface area contributed by atoms with Gasteiger partial charge in [0.05, 0.1) is 18.4 Å². The molecular formula is C27H27N3O3. The van der Waals surface area contributed by atoms with Crippen molar-refractivity contribution in [2.45, 2.75) is 20.4 Å². The minimum absolute atomic E-state index is 0.132. The van der Waals surface area contributed by atoms with E-state index in [0.29, 0.717) is 30.1 Å². The predicted octanol–water partition coefficient (Wildman–Crippen LogP) is 4.00. The highest BCUT2D eigenvalue weighted by Crippen LogP contribution is 2.34. The molecule has 0 saturated carbocycles. The minimum atomic E-state index is -0.269. The highest BCUT2D eigenvalue weighted by molar-refractivity contribution is 6.35. The first-order valence-corrected chi connectivity index (χ1v) is 11.3. The zero-order valence-corrected chi connectivity index (χ0v) is 19.0. The van der Waals surface area contributed by atoms with Crippen LogP contribution in [0.15, 0.2) is 77.0 Å². The minimum Gasteiger partial charge on any atom is -0.467 e. The van der Waals surface area contributed by atoms with Crippen LogP contribution >= 0.6 is 0 Å². The third kappa shape index (κ3) is 3.82. The normalized spacial score (nSPS) is 16.8. The van der Waals surface area contributed by atoms with Gasteiger partial charge in [-0.1, -0.05) is 42.5 Å². The summed E-state index contributed by atoms with van der Waals surface area (Å²) in [7, 11) is 0. The van der Waals surface area contributed by atoms with E-state index in [0.717, 1.165) is 18.7 Å². The summed E-state index contributed by atoms with van der Waals surface area (Å²) in [5.74, 6) is 0.0649. The van der Waals surface area contributed by atoms with Crippen molar-refractivity contribution in [3.63, 3.8) is 0 Å². The molecule has 0 unspecified atom stereocenters. The van der Waals surface area contributed by atoms with E-state index >= 15 is 0 Å². The molecule has 2 aromatic carbocycles. The fourth-order valence-electron chi connectivity index (χ4n) is 4.67. The zero-order valence-electron chi connectivity index (χ0n) is 19.0. The van der Waals surface area contributed by atoms with E-state index in [1.54, 1.807) is 18.4 Å². The molecule has 1 fully saturated rings. The standard InChI is InChI=1S/C27H27N3O3/c1-19-8-6-12-23(20(19)2)28-13-15-29(16-14-28)25-24(21-9-4-3-5-10-21)26(31)30(27(25)32)18-22-11-7-17-33-22/h3-12,17H,13-16,18H2,1-2H3. The van der Waals surface area contributed by atoms with Crippen LogP contribution in [0.3, 0.4) is 0 Å². The van der Waals surface area contributed by atoms with Crippen molar-refractivity contribution in [2.24, 2.45) is 0 Å². The van der Waals surface area contributed by atoms with E-state index in [1.807, 2.05) is 30.3 Å². The zero-order chi connectivity index (χ0) is 22.9.